The molecular formula is C19H28N2O6S. The maximum atomic E-state index is 13.0. The van der Waals surface area contributed by atoms with Gasteiger partial charge in [-0.15, -0.1) is 0 Å². The molecule has 0 aliphatic carbocycles. The molecule has 2 rings (SSSR count). The second-order valence-electron chi connectivity index (χ2n) is 6.76. The Morgan fingerprint density at radius 3 is 2.50 bits per heavy atom. The van der Waals surface area contributed by atoms with Gasteiger partial charge in [0.2, 0.25) is 10.0 Å². The van der Waals surface area contributed by atoms with E-state index in [9.17, 15) is 18.0 Å². The van der Waals surface area contributed by atoms with Gasteiger partial charge < -0.3 is 14.4 Å². The van der Waals surface area contributed by atoms with Gasteiger partial charge in [0.05, 0.1) is 31.1 Å². The highest BCUT2D eigenvalue weighted by atomic mass is 32.2. The lowest BCUT2D eigenvalue weighted by atomic mass is 10.1. The van der Waals surface area contributed by atoms with Crippen LogP contribution >= 0.6 is 0 Å². The van der Waals surface area contributed by atoms with Gasteiger partial charge in [0.25, 0.3) is 5.91 Å². The average molecular weight is 413 g/mol. The maximum Gasteiger partial charge on any atom is 0.310 e. The molecule has 9 heteroatoms. The third-order valence-corrected chi connectivity index (χ3v) is 6.83. The quantitative estimate of drug-likeness (QED) is 0.627. The summed E-state index contributed by atoms with van der Waals surface area (Å²) in [5, 5.41) is 0. The monoisotopic (exact) mass is 412 g/mol. The van der Waals surface area contributed by atoms with Crippen LogP contribution in [-0.4, -0.2) is 76.0 Å². The van der Waals surface area contributed by atoms with Crippen molar-refractivity contribution in [2.45, 2.75) is 25.7 Å². The van der Waals surface area contributed by atoms with Crippen LogP contribution in [0.25, 0.3) is 0 Å². The van der Waals surface area contributed by atoms with Crippen molar-refractivity contribution >= 4 is 21.9 Å². The minimum absolute atomic E-state index is 0.123. The van der Waals surface area contributed by atoms with Crippen LogP contribution < -0.4 is 0 Å². The van der Waals surface area contributed by atoms with Crippen molar-refractivity contribution in [3.8, 4) is 0 Å². The Hall–Kier alpha value is -1.97. The zero-order chi connectivity index (χ0) is 20.9. The van der Waals surface area contributed by atoms with Crippen LogP contribution in [0.1, 0.15) is 29.8 Å². The summed E-state index contributed by atoms with van der Waals surface area (Å²) in [6.07, 6.45) is 0. The Labute approximate surface area is 166 Å². The fourth-order valence-corrected chi connectivity index (χ4v) is 4.74. The van der Waals surface area contributed by atoms with Gasteiger partial charge in [0.15, 0.2) is 0 Å². The summed E-state index contributed by atoms with van der Waals surface area (Å²) in [7, 11) is -2.41. The van der Waals surface area contributed by atoms with Gasteiger partial charge >= 0.3 is 5.97 Å². The number of hydrogen-bond donors (Lipinski definition) is 0. The third kappa shape index (κ3) is 4.89. The lowest BCUT2D eigenvalue weighted by molar-refractivity contribution is -0.145. The molecule has 0 aromatic heterocycles. The smallest absolute Gasteiger partial charge is 0.310 e. The van der Waals surface area contributed by atoms with Gasteiger partial charge in [-0.25, -0.2) is 8.42 Å². The molecule has 1 aromatic rings. The minimum atomic E-state index is -3.71. The first kappa shape index (κ1) is 22.3. The molecule has 28 heavy (non-hydrogen) atoms. The van der Waals surface area contributed by atoms with Crippen LogP contribution in [0, 0.1) is 12.8 Å². The number of sulfonamides is 1. The molecule has 0 N–H and O–H groups in total. The lowest BCUT2D eigenvalue weighted by Gasteiger charge is -2.27. The summed E-state index contributed by atoms with van der Waals surface area (Å²) in [6.45, 7) is 7.07. The van der Waals surface area contributed by atoms with Crippen molar-refractivity contribution in [2.24, 2.45) is 5.92 Å². The third-order valence-electron chi connectivity index (χ3n) is 4.79. The number of amides is 1. The standard InChI is InChI=1S/C19H28N2O6S/c1-5-20(13-15(3)19(23)26-4)18(22)16-7-6-14(2)17(12-16)28(24,25)21-8-10-27-11-9-21/h6-7,12,15H,5,8-11,13H2,1-4H3. The summed E-state index contributed by atoms with van der Waals surface area (Å²) in [6, 6.07) is 4.67. The first-order valence-corrected chi connectivity index (χ1v) is 10.7. The summed E-state index contributed by atoms with van der Waals surface area (Å²) in [4.78, 5) is 26.2. The van der Waals surface area contributed by atoms with E-state index in [0.717, 1.165) is 0 Å². The van der Waals surface area contributed by atoms with Crippen molar-refractivity contribution in [3.05, 3.63) is 29.3 Å². The average Bonchev–Trinajstić information content (AvgIpc) is 2.71. The number of esters is 1. The molecule has 1 heterocycles. The second-order valence-corrected chi connectivity index (χ2v) is 8.67. The molecule has 0 radical (unpaired) electrons. The summed E-state index contributed by atoms with van der Waals surface area (Å²) < 4.78 is 37.4. The van der Waals surface area contributed by atoms with E-state index in [1.165, 1.54) is 22.4 Å². The molecule has 1 unspecified atom stereocenters. The van der Waals surface area contributed by atoms with Crippen molar-refractivity contribution in [1.29, 1.82) is 0 Å². The molecule has 8 nitrogen and oxygen atoms in total. The number of hydrogen-bond acceptors (Lipinski definition) is 6. The molecule has 0 saturated carbocycles. The molecular weight excluding hydrogens is 384 g/mol. The van der Waals surface area contributed by atoms with E-state index in [-0.39, 0.29) is 36.0 Å². The van der Waals surface area contributed by atoms with Crippen LogP contribution in [-0.2, 0) is 24.3 Å². The number of methoxy groups -OCH3 is 1. The van der Waals surface area contributed by atoms with E-state index in [1.807, 2.05) is 6.92 Å². The fourth-order valence-electron chi connectivity index (χ4n) is 3.08. The van der Waals surface area contributed by atoms with Crippen molar-refractivity contribution < 1.29 is 27.5 Å². The Balaban J connectivity index is 2.30. The molecule has 0 bridgehead atoms. The minimum Gasteiger partial charge on any atom is -0.469 e. The largest absolute Gasteiger partial charge is 0.469 e. The number of benzene rings is 1. The number of morpholine rings is 1. The van der Waals surface area contributed by atoms with Crippen LogP contribution in [0.2, 0.25) is 0 Å². The van der Waals surface area contributed by atoms with Crippen LogP contribution in [0.5, 0.6) is 0 Å². The highest BCUT2D eigenvalue weighted by Crippen LogP contribution is 2.23. The number of rotatable bonds is 7. The molecule has 1 amide bonds. The van der Waals surface area contributed by atoms with E-state index >= 15 is 0 Å². The molecule has 0 spiro atoms. The van der Waals surface area contributed by atoms with Gasteiger partial charge in [-0.2, -0.15) is 4.31 Å². The number of carbonyl (C=O) groups excluding carboxylic acids is 2. The fraction of sp³-hybridized carbons (Fsp3) is 0.579. The van der Waals surface area contributed by atoms with E-state index in [1.54, 1.807) is 26.0 Å². The van der Waals surface area contributed by atoms with Gasteiger partial charge in [0.1, 0.15) is 0 Å². The van der Waals surface area contributed by atoms with E-state index in [0.29, 0.717) is 25.3 Å². The first-order valence-electron chi connectivity index (χ1n) is 9.28. The Morgan fingerprint density at radius 1 is 1.29 bits per heavy atom. The Bertz CT molecular complexity index is 818. The van der Waals surface area contributed by atoms with Crippen LogP contribution in [0.15, 0.2) is 23.1 Å². The highest BCUT2D eigenvalue weighted by Gasteiger charge is 2.29. The van der Waals surface area contributed by atoms with E-state index < -0.39 is 21.9 Å². The summed E-state index contributed by atoms with van der Waals surface area (Å²) in [5.74, 6) is -1.20. The zero-order valence-corrected chi connectivity index (χ0v) is 17.6. The molecule has 1 saturated heterocycles. The van der Waals surface area contributed by atoms with Gasteiger partial charge in [-0.05, 0) is 31.5 Å². The molecule has 1 aliphatic rings. The van der Waals surface area contributed by atoms with Crippen molar-refractivity contribution in [3.63, 3.8) is 0 Å². The number of ether oxygens (including phenoxy) is 2. The predicted molar refractivity (Wildman–Crippen MR) is 104 cm³/mol. The number of aryl methyl sites for hydroxylation is 1. The number of nitrogens with zero attached hydrogens (tertiary/aromatic N) is 2. The van der Waals surface area contributed by atoms with Gasteiger partial charge in [-0.3, -0.25) is 9.59 Å². The SMILES string of the molecule is CCN(CC(C)C(=O)OC)C(=O)c1ccc(C)c(S(=O)(=O)N2CCOCC2)c1. The number of carbonyl (C=O) groups is 2. The highest BCUT2D eigenvalue weighted by molar-refractivity contribution is 7.89. The first-order chi connectivity index (χ1) is 13.2. The van der Waals surface area contributed by atoms with Crippen molar-refractivity contribution in [2.75, 3.05) is 46.5 Å². The molecule has 1 fully saturated rings. The molecule has 156 valence electrons. The van der Waals surface area contributed by atoms with Gasteiger partial charge in [0, 0.05) is 31.7 Å². The summed E-state index contributed by atoms with van der Waals surface area (Å²) in [5.41, 5.74) is 0.852. The van der Waals surface area contributed by atoms with E-state index in [4.69, 9.17) is 9.47 Å². The van der Waals surface area contributed by atoms with Crippen LogP contribution in [0.4, 0.5) is 0 Å². The lowest BCUT2D eigenvalue weighted by Crippen LogP contribution is -2.41. The Kier molecular flexibility index (Phi) is 7.56. The van der Waals surface area contributed by atoms with Crippen molar-refractivity contribution in [1.82, 2.24) is 9.21 Å². The topological polar surface area (TPSA) is 93.2 Å². The molecule has 1 atom stereocenters. The predicted octanol–water partition coefficient (Wildman–Crippen LogP) is 1.29. The Morgan fingerprint density at radius 2 is 1.93 bits per heavy atom. The van der Waals surface area contributed by atoms with E-state index in [2.05, 4.69) is 0 Å². The molecule has 1 aromatic carbocycles. The normalized spacial score (nSPS) is 16.4. The van der Waals surface area contributed by atoms with Crippen LogP contribution in [0.3, 0.4) is 0 Å². The molecule has 1 aliphatic heterocycles. The summed E-state index contributed by atoms with van der Waals surface area (Å²) >= 11 is 0. The maximum absolute atomic E-state index is 13.0. The van der Waals surface area contributed by atoms with Gasteiger partial charge in [-0.1, -0.05) is 13.0 Å². The zero-order valence-electron chi connectivity index (χ0n) is 16.8. The second kappa shape index (κ2) is 9.49.